The Morgan fingerprint density at radius 3 is 2.63 bits per heavy atom. The van der Waals surface area contributed by atoms with Crippen LogP contribution in [-0.4, -0.2) is 20.6 Å². The van der Waals surface area contributed by atoms with Crippen molar-refractivity contribution < 1.29 is 9.90 Å². The predicted molar refractivity (Wildman–Crippen MR) is 73.2 cm³/mol. The molecule has 0 bridgehead atoms. The van der Waals surface area contributed by atoms with Crippen LogP contribution in [0, 0.1) is 6.92 Å². The number of nitrogens with one attached hydrogen (secondary N) is 1. The number of rotatable bonds is 3. The molecule has 2 aromatic rings. The highest BCUT2D eigenvalue weighted by Gasteiger charge is 2.22. The molecule has 102 valence electrons. The van der Waals surface area contributed by atoms with Gasteiger partial charge in [0, 0.05) is 4.88 Å². The molecule has 0 spiro atoms. The number of fused-ring (bicyclic) bond motifs is 1. The van der Waals surface area contributed by atoms with Crippen molar-refractivity contribution in [2.75, 3.05) is 0 Å². The molecule has 1 unspecified atom stereocenters. The summed E-state index contributed by atoms with van der Waals surface area (Å²) < 4.78 is 0.760. The van der Waals surface area contributed by atoms with E-state index in [9.17, 15) is 14.4 Å². The minimum Gasteiger partial charge on any atom is -0.480 e. The molecule has 2 rings (SSSR count). The third kappa shape index (κ3) is 1.99. The maximum Gasteiger partial charge on any atom is 0.330 e. The van der Waals surface area contributed by atoms with Gasteiger partial charge in [0.25, 0.3) is 5.56 Å². The van der Waals surface area contributed by atoms with Crippen molar-refractivity contribution in [3.8, 4) is 0 Å². The molecule has 0 aliphatic heterocycles. The van der Waals surface area contributed by atoms with Crippen LogP contribution in [0.4, 0.5) is 0 Å². The van der Waals surface area contributed by atoms with Crippen LogP contribution in [0.3, 0.4) is 0 Å². The quantitative estimate of drug-likeness (QED) is 0.886. The van der Waals surface area contributed by atoms with Gasteiger partial charge in [-0.25, -0.2) is 14.2 Å². The SMILES string of the molecule is CCc1c(C)sc2[nH]c(=O)n(C(C)C(=O)O)c(=O)c12. The number of carboxylic acid groups (broad SMARTS) is 1. The predicted octanol–water partition coefficient (Wildman–Crippen LogP) is 1.27. The first-order valence-corrected chi connectivity index (χ1v) is 6.69. The largest absolute Gasteiger partial charge is 0.480 e. The van der Waals surface area contributed by atoms with Crippen molar-refractivity contribution in [2.24, 2.45) is 0 Å². The van der Waals surface area contributed by atoms with E-state index in [1.165, 1.54) is 18.3 Å². The van der Waals surface area contributed by atoms with Gasteiger partial charge < -0.3 is 5.11 Å². The number of carboxylic acids is 1. The van der Waals surface area contributed by atoms with Crippen molar-refractivity contribution in [2.45, 2.75) is 33.2 Å². The zero-order chi connectivity index (χ0) is 14.3. The number of hydrogen-bond donors (Lipinski definition) is 2. The van der Waals surface area contributed by atoms with Crippen molar-refractivity contribution in [3.63, 3.8) is 0 Å². The van der Waals surface area contributed by atoms with Gasteiger partial charge in [0.15, 0.2) is 0 Å². The Hall–Kier alpha value is -1.89. The fourth-order valence-electron chi connectivity index (χ4n) is 2.15. The minimum absolute atomic E-state index is 0.428. The Balaban J connectivity index is 2.92. The fourth-order valence-corrected chi connectivity index (χ4v) is 3.28. The van der Waals surface area contributed by atoms with E-state index in [1.807, 2.05) is 13.8 Å². The second-order valence-corrected chi connectivity index (χ2v) is 5.54. The molecule has 0 amide bonds. The molecule has 0 fully saturated rings. The standard InChI is InChI=1S/C12H14N2O4S/c1-4-7-6(3)19-9-8(7)10(15)14(12(18)13-9)5(2)11(16)17/h5H,4H2,1-3H3,(H,13,18)(H,16,17). The Bertz CT molecular complexity index is 768. The van der Waals surface area contributed by atoms with Gasteiger partial charge in [-0.2, -0.15) is 0 Å². The van der Waals surface area contributed by atoms with Gasteiger partial charge >= 0.3 is 11.7 Å². The smallest absolute Gasteiger partial charge is 0.330 e. The molecule has 19 heavy (non-hydrogen) atoms. The highest BCUT2D eigenvalue weighted by atomic mass is 32.1. The van der Waals surface area contributed by atoms with Crippen molar-refractivity contribution in [3.05, 3.63) is 31.3 Å². The van der Waals surface area contributed by atoms with Crippen LogP contribution in [-0.2, 0) is 11.2 Å². The Labute approximate surface area is 112 Å². The van der Waals surface area contributed by atoms with E-state index in [2.05, 4.69) is 4.98 Å². The van der Waals surface area contributed by atoms with Gasteiger partial charge in [-0.15, -0.1) is 11.3 Å². The van der Waals surface area contributed by atoms with Gasteiger partial charge in [-0.3, -0.25) is 9.78 Å². The number of H-pyrrole nitrogens is 1. The molecule has 0 aliphatic rings. The lowest BCUT2D eigenvalue weighted by molar-refractivity contribution is -0.140. The van der Waals surface area contributed by atoms with E-state index in [0.717, 1.165) is 15.0 Å². The van der Waals surface area contributed by atoms with Crippen molar-refractivity contribution >= 4 is 27.5 Å². The lowest BCUT2D eigenvalue weighted by atomic mass is 10.1. The highest BCUT2D eigenvalue weighted by molar-refractivity contribution is 7.18. The molecule has 0 radical (unpaired) electrons. The van der Waals surface area contributed by atoms with Crippen molar-refractivity contribution in [1.82, 2.24) is 9.55 Å². The minimum atomic E-state index is -1.21. The van der Waals surface area contributed by atoms with E-state index >= 15 is 0 Å². The monoisotopic (exact) mass is 282 g/mol. The number of hydrogen-bond acceptors (Lipinski definition) is 4. The number of thiophene rings is 1. The maximum absolute atomic E-state index is 12.4. The van der Waals surface area contributed by atoms with Crippen LogP contribution in [0.25, 0.3) is 10.2 Å². The van der Waals surface area contributed by atoms with E-state index in [-0.39, 0.29) is 0 Å². The van der Waals surface area contributed by atoms with Crippen LogP contribution >= 0.6 is 11.3 Å². The maximum atomic E-state index is 12.4. The zero-order valence-electron chi connectivity index (χ0n) is 10.8. The molecule has 6 nitrogen and oxygen atoms in total. The molecule has 2 aromatic heterocycles. The number of aliphatic carboxylic acids is 1. The van der Waals surface area contributed by atoms with Gasteiger partial charge in [0.2, 0.25) is 0 Å². The number of aryl methyl sites for hydroxylation is 2. The third-order valence-corrected chi connectivity index (χ3v) is 4.24. The van der Waals surface area contributed by atoms with Crippen LogP contribution < -0.4 is 11.2 Å². The Kier molecular flexibility index (Phi) is 3.32. The van der Waals surface area contributed by atoms with Gasteiger partial charge in [0.1, 0.15) is 10.9 Å². The normalized spacial score (nSPS) is 12.8. The summed E-state index contributed by atoms with van der Waals surface area (Å²) in [6.45, 7) is 5.12. The van der Waals surface area contributed by atoms with Crippen LogP contribution in [0.5, 0.6) is 0 Å². The molecule has 0 aliphatic carbocycles. The Morgan fingerprint density at radius 1 is 1.47 bits per heavy atom. The van der Waals surface area contributed by atoms with Crippen LogP contribution in [0.2, 0.25) is 0 Å². The summed E-state index contributed by atoms with van der Waals surface area (Å²) in [6, 6.07) is -1.19. The lowest BCUT2D eigenvalue weighted by Crippen LogP contribution is -2.39. The molecular weight excluding hydrogens is 268 g/mol. The number of nitrogens with zero attached hydrogens (tertiary/aromatic N) is 1. The summed E-state index contributed by atoms with van der Waals surface area (Å²) in [4.78, 5) is 39.3. The first-order valence-electron chi connectivity index (χ1n) is 5.88. The molecule has 2 heterocycles. The topological polar surface area (TPSA) is 92.2 Å². The van der Waals surface area contributed by atoms with Gasteiger partial charge in [-0.05, 0) is 25.8 Å². The fraction of sp³-hybridized carbons (Fsp3) is 0.417. The summed E-state index contributed by atoms with van der Waals surface area (Å²) in [6.07, 6.45) is 0.661. The second kappa shape index (κ2) is 4.65. The molecule has 0 aromatic carbocycles. The first kappa shape index (κ1) is 13.5. The van der Waals surface area contributed by atoms with Crippen molar-refractivity contribution in [1.29, 1.82) is 0 Å². The Morgan fingerprint density at radius 2 is 2.11 bits per heavy atom. The van der Waals surface area contributed by atoms with Crippen LogP contribution in [0.15, 0.2) is 9.59 Å². The summed E-state index contributed by atoms with van der Waals surface area (Å²) in [5.41, 5.74) is -0.348. The zero-order valence-corrected chi connectivity index (χ0v) is 11.6. The highest BCUT2D eigenvalue weighted by Crippen LogP contribution is 2.26. The number of carbonyl (C=O) groups is 1. The molecular formula is C12H14N2O4S. The third-order valence-electron chi connectivity index (χ3n) is 3.18. The summed E-state index contributed by atoms with van der Waals surface area (Å²) >= 11 is 1.34. The van der Waals surface area contributed by atoms with Crippen LogP contribution in [0.1, 0.15) is 30.3 Å². The molecule has 1 atom stereocenters. The van der Waals surface area contributed by atoms with E-state index in [0.29, 0.717) is 16.6 Å². The molecule has 2 N–H and O–H groups in total. The summed E-state index contributed by atoms with van der Waals surface area (Å²) in [7, 11) is 0. The first-order chi connectivity index (χ1) is 8.88. The van der Waals surface area contributed by atoms with E-state index < -0.39 is 23.3 Å². The summed E-state index contributed by atoms with van der Waals surface area (Å²) in [5, 5.41) is 9.41. The average molecular weight is 282 g/mol. The average Bonchev–Trinajstić information content (AvgIpc) is 2.64. The summed E-state index contributed by atoms with van der Waals surface area (Å²) in [5.74, 6) is -1.21. The van der Waals surface area contributed by atoms with E-state index in [1.54, 1.807) is 0 Å². The van der Waals surface area contributed by atoms with E-state index in [4.69, 9.17) is 5.11 Å². The molecule has 0 saturated heterocycles. The van der Waals surface area contributed by atoms with Gasteiger partial charge in [-0.1, -0.05) is 6.92 Å². The number of aromatic nitrogens is 2. The second-order valence-electron chi connectivity index (χ2n) is 4.31. The lowest BCUT2D eigenvalue weighted by Gasteiger charge is -2.09. The van der Waals surface area contributed by atoms with Gasteiger partial charge in [0.05, 0.1) is 5.39 Å². The number of aromatic amines is 1. The molecule has 7 heteroatoms. The molecule has 0 saturated carbocycles.